The van der Waals surface area contributed by atoms with E-state index in [9.17, 15) is 4.79 Å². The van der Waals surface area contributed by atoms with Crippen molar-refractivity contribution in [2.24, 2.45) is 0 Å². The van der Waals surface area contributed by atoms with Crippen LogP contribution in [0.5, 0.6) is 5.75 Å². The Morgan fingerprint density at radius 2 is 2.20 bits per heavy atom. The molecule has 1 aromatic carbocycles. The predicted molar refractivity (Wildman–Crippen MR) is 74.7 cm³/mol. The minimum atomic E-state index is 0.00676. The van der Waals surface area contributed by atoms with Crippen molar-refractivity contribution >= 4 is 11.9 Å². The van der Waals surface area contributed by atoms with Gasteiger partial charge in [-0.05, 0) is 37.1 Å². The van der Waals surface area contributed by atoms with Crippen molar-refractivity contribution in [2.75, 3.05) is 6.61 Å². The predicted octanol–water partition coefficient (Wildman–Crippen LogP) is 2.47. The number of nitrogens with zero attached hydrogens (tertiary/aromatic N) is 2. The second-order valence-corrected chi connectivity index (χ2v) is 4.95. The quantitative estimate of drug-likeness (QED) is 0.807. The van der Waals surface area contributed by atoms with Crippen LogP contribution in [0.15, 0.2) is 23.9 Å². The highest BCUT2D eigenvalue weighted by molar-refractivity contribution is 6.13. The Balaban J connectivity index is 2.08. The van der Waals surface area contributed by atoms with Gasteiger partial charge in [0.25, 0.3) is 0 Å². The van der Waals surface area contributed by atoms with Crippen LogP contribution in [0.2, 0.25) is 0 Å². The molecule has 5 heteroatoms. The Morgan fingerprint density at radius 1 is 1.35 bits per heavy atom. The van der Waals surface area contributed by atoms with E-state index in [4.69, 9.17) is 4.74 Å². The van der Waals surface area contributed by atoms with Crippen LogP contribution in [0.4, 0.5) is 0 Å². The molecule has 1 aliphatic heterocycles. The average Bonchev–Trinajstić information content (AvgIpc) is 2.86. The summed E-state index contributed by atoms with van der Waals surface area (Å²) in [6.07, 6.45) is 3.93. The van der Waals surface area contributed by atoms with Gasteiger partial charge in [0.15, 0.2) is 5.78 Å². The van der Waals surface area contributed by atoms with Gasteiger partial charge in [-0.25, -0.2) is 0 Å². The highest BCUT2D eigenvalue weighted by atomic mass is 16.5. The number of ketones is 1. The highest BCUT2D eigenvalue weighted by Crippen LogP contribution is 2.31. The maximum Gasteiger partial charge on any atom is 0.192 e. The number of H-pyrrole nitrogens is 1. The average molecular weight is 269 g/mol. The second kappa shape index (κ2) is 4.92. The van der Waals surface area contributed by atoms with Gasteiger partial charge in [-0.15, -0.1) is 0 Å². The third-order valence-electron chi connectivity index (χ3n) is 3.33. The normalized spacial score (nSPS) is 16.7. The Kier molecular flexibility index (Phi) is 3.10. The van der Waals surface area contributed by atoms with E-state index >= 15 is 0 Å². The van der Waals surface area contributed by atoms with Gasteiger partial charge in [0.1, 0.15) is 11.4 Å². The molecular formula is C15H15N3O2. The van der Waals surface area contributed by atoms with Crippen molar-refractivity contribution in [3.05, 3.63) is 46.3 Å². The lowest BCUT2D eigenvalue weighted by Crippen LogP contribution is -2.03. The van der Waals surface area contributed by atoms with E-state index in [1.54, 1.807) is 12.3 Å². The zero-order valence-corrected chi connectivity index (χ0v) is 11.4. The van der Waals surface area contributed by atoms with Gasteiger partial charge < -0.3 is 4.74 Å². The summed E-state index contributed by atoms with van der Waals surface area (Å²) in [5.41, 5.74) is 4.04. The van der Waals surface area contributed by atoms with E-state index in [1.807, 2.05) is 26.0 Å². The molecule has 0 atom stereocenters. The zero-order chi connectivity index (χ0) is 14.1. The largest absolute Gasteiger partial charge is 0.492 e. The van der Waals surface area contributed by atoms with Gasteiger partial charge in [0.05, 0.1) is 18.4 Å². The third-order valence-corrected chi connectivity index (χ3v) is 3.33. The molecule has 1 aromatic heterocycles. The van der Waals surface area contributed by atoms with E-state index in [2.05, 4.69) is 15.4 Å². The number of rotatable bonds is 1. The lowest BCUT2D eigenvalue weighted by Gasteiger charge is -2.10. The number of nitrogens with one attached hydrogen (secondary N) is 1. The van der Waals surface area contributed by atoms with Crippen molar-refractivity contribution < 1.29 is 9.53 Å². The molecule has 102 valence electrons. The number of Topliss-reactive ketones (excluding diaryl/α,β-unsaturated/α-hetero) is 1. The lowest BCUT2D eigenvalue weighted by molar-refractivity contribution is 0.103. The molecule has 0 spiro atoms. The maximum absolute atomic E-state index is 12.7. The Labute approximate surface area is 116 Å². The van der Waals surface area contributed by atoms with E-state index in [-0.39, 0.29) is 5.78 Å². The standard InChI is InChI=1S/C15H15N3O2/c1-9-5-10(2)15-13(6-9)14(19)11(3-4-20-15)7-12-8-16-18-17-12/h5-8H,3-4H2,1-2H3,(H,16,17,18). The summed E-state index contributed by atoms with van der Waals surface area (Å²) in [6, 6.07) is 3.91. The summed E-state index contributed by atoms with van der Waals surface area (Å²) in [4.78, 5) is 12.7. The van der Waals surface area contributed by atoms with Gasteiger partial charge in [0, 0.05) is 12.0 Å². The van der Waals surface area contributed by atoms with E-state index in [1.165, 1.54) is 0 Å². The van der Waals surface area contributed by atoms with Crippen LogP contribution >= 0.6 is 0 Å². The summed E-state index contributed by atoms with van der Waals surface area (Å²) in [5.74, 6) is 0.705. The molecule has 0 unspecified atom stereocenters. The second-order valence-electron chi connectivity index (χ2n) is 4.95. The number of carbonyl (C=O) groups is 1. The van der Waals surface area contributed by atoms with Crippen molar-refractivity contribution in [1.29, 1.82) is 0 Å². The van der Waals surface area contributed by atoms with Crippen LogP contribution in [-0.2, 0) is 0 Å². The van der Waals surface area contributed by atoms with E-state index in [0.717, 1.165) is 11.1 Å². The number of hydrogen-bond donors (Lipinski definition) is 1. The first-order valence-electron chi connectivity index (χ1n) is 6.50. The molecule has 0 fully saturated rings. The van der Waals surface area contributed by atoms with Crippen molar-refractivity contribution in [3.63, 3.8) is 0 Å². The Hall–Kier alpha value is -2.43. The SMILES string of the molecule is Cc1cc(C)c2c(c1)C(=O)C(=Cc1cn[nH]n1)CCO2. The van der Waals surface area contributed by atoms with E-state index < -0.39 is 0 Å². The van der Waals surface area contributed by atoms with Gasteiger partial charge in [-0.3, -0.25) is 4.79 Å². The molecule has 3 rings (SSSR count). The minimum Gasteiger partial charge on any atom is -0.492 e. The molecule has 0 saturated carbocycles. The summed E-state index contributed by atoms with van der Waals surface area (Å²) in [7, 11) is 0. The smallest absolute Gasteiger partial charge is 0.192 e. The van der Waals surface area contributed by atoms with Crippen molar-refractivity contribution in [1.82, 2.24) is 15.4 Å². The molecule has 0 aliphatic carbocycles. The number of ether oxygens (including phenoxy) is 1. The number of aromatic nitrogens is 3. The Morgan fingerprint density at radius 3 is 2.95 bits per heavy atom. The number of benzene rings is 1. The highest BCUT2D eigenvalue weighted by Gasteiger charge is 2.23. The number of hydrogen-bond acceptors (Lipinski definition) is 4. The minimum absolute atomic E-state index is 0.00676. The first kappa shape index (κ1) is 12.6. The van der Waals surface area contributed by atoms with E-state index in [0.29, 0.717) is 35.6 Å². The van der Waals surface area contributed by atoms with Crippen LogP contribution in [-0.4, -0.2) is 27.8 Å². The van der Waals surface area contributed by atoms with Crippen LogP contribution in [0.25, 0.3) is 6.08 Å². The molecule has 5 nitrogen and oxygen atoms in total. The van der Waals surface area contributed by atoms with Gasteiger partial charge in [-0.1, -0.05) is 6.07 Å². The summed E-state index contributed by atoms with van der Waals surface area (Å²) in [5, 5.41) is 10.2. The molecule has 20 heavy (non-hydrogen) atoms. The van der Waals surface area contributed by atoms with Gasteiger partial charge >= 0.3 is 0 Å². The number of aromatic amines is 1. The van der Waals surface area contributed by atoms with Gasteiger partial charge in [-0.2, -0.15) is 15.4 Å². The van der Waals surface area contributed by atoms with Crippen molar-refractivity contribution in [2.45, 2.75) is 20.3 Å². The zero-order valence-electron chi connectivity index (χ0n) is 11.4. The van der Waals surface area contributed by atoms with Crippen LogP contribution in [0.3, 0.4) is 0 Å². The molecule has 1 aliphatic rings. The summed E-state index contributed by atoms with van der Waals surface area (Å²) >= 11 is 0. The molecular weight excluding hydrogens is 254 g/mol. The first-order chi connectivity index (χ1) is 9.65. The maximum atomic E-state index is 12.7. The Bertz CT molecular complexity index is 687. The summed E-state index contributed by atoms with van der Waals surface area (Å²) in [6.45, 7) is 4.43. The third kappa shape index (κ3) is 2.22. The molecule has 0 bridgehead atoms. The van der Waals surface area contributed by atoms with Crippen molar-refractivity contribution in [3.8, 4) is 5.75 Å². The van der Waals surface area contributed by atoms with Crippen LogP contribution in [0, 0.1) is 13.8 Å². The number of fused-ring (bicyclic) bond motifs is 1. The fraction of sp³-hybridized carbons (Fsp3) is 0.267. The summed E-state index contributed by atoms with van der Waals surface area (Å²) < 4.78 is 5.75. The molecule has 2 heterocycles. The van der Waals surface area contributed by atoms with Crippen LogP contribution < -0.4 is 4.74 Å². The number of aryl methyl sites for hydroxylation is 2. The topological polar surface area (TPSA) is 67.9 Å². The molecule has 0 radical (unpaired) electrons. The molecule has 2 aromatic rings. The fourth-order valence-corrected chi connectivity index (χ4v) is 2.46. The molecule has 0 amide bonds. The monoisotopic (exact) mass is 269 g/mol. The molecule has 1 N–H and O–H groups in total. The molecule has 0 saturated heterocycles. The van der Waals surface area contributed by atoms with Crippen LogP contribution in [0.1, 0.15) is 33.6 Å². The number of carbonyl (C=O) groups excluding carboxylic acids is 1. The van der Waals surface area contributed by atoms with Gasteiger partial charge in [0.2, 0.25) is 0 Å². The lowest BCUT2D eigenvalue weighted by atomic mass is 9.97. The first-order valence-corrected chi connectivity index (χ1v) is 6.50. The fourth-order valence-electron chi connectivity index (χ4n) is 2.46.